The third-order valence-corrected chi connectivity index (χ3v) is 4.59. The van der Waals surface area contributed by atoms with Crippen LogP contribution >= 0.6 is 11.6 Å². The van der Waals surface area contributed by atoms with Gasteiger partial charge >= 0.3 is 0 Å². The normalized spacial score (nSPS) is 11.0. The quantitative estimate of drug-likeness (QED) is 0.466. The predicted octanol–water partition coefficient (Wildman–Crippen LogP) is 2.89. The molecule has 0 aliphatic heterocycles. The number of anilines is 1. The molecule has 0 bridgehead atoms. The summed E-state index contributed by atoms with van der Waals surface area (Å²) < 4.78 is 12.4. The van der Waals surface area contributed by atoms with E-state index in [9.17, 15) is 0 Å². The van der Waals surface area contributed by atoms with E-state index in [1.807, 2.05) is 37.5 Å². The van der Waals surface area contributed by atoms with Gasteiger partial charge in [-0.25, -0.2) is 4.98 Å². The van der Waals surface area contributed by atoms with Gasteiger partial charge in [0.05, 0.1) is 19.9 Å². The molecule has 0 unspecified atom stereocenters. The molecule has 0 saturated carbocycles. The minimum absolute atomic E-state index is 0.339. The second-order valence-electron chi connectivity index (χ2n) is 6.40. The second-order valence-corrected chi connectivity index (χ2v) is 6.79. The zero-order chi connectivity index (χ0) is 20.4. The van der Waals surface area contributed by atoms with Gasteiger partial charge in [-0.15, -0.1) is 5.10 Å². The lowest BCUT2D eigenvalue weighted by Gasteiger charge is -2.12. The molecule has 0 atom stereocenters. The molecule has 0 spiro atoms. The molecule has 4 rings (SSSR count). The fourth-order valence-corrected chi connectivity index (χ4v) is 3.18. The van der Waals surface area contributed by atoms with Crippen molar-refractivity contribution in [1.29, 1.82) is 0 Å². The lowest BCUT2D eigenvalue weighted by molar-refractivity contribution is 0.391. The average Bonchev–Trinajstić information content (AvgIpc) is 3.31. The number of nitrogens with zero attached hydrogens (tertiary/aromatic N) is 6. The molecule has 150 valence electrons. The molecular formula is C19H20ClN7O2. The number of halogens is 1. The first kappa shape index (κ1) is 19.0. The maximum Gasteiger partial charge on any atom is 0.158 e. The fraction of sp³-hybridized carbons (Fsp3) is 0.263. The first-order valence-corrected chi connectivity index (χ1v) is 9.28. The van der Waals surface area contributed by atoms with E-state index in [1.54, 1.807) is 29.8 Å². The zero-order valence-electron chi connectivity index (χ0n) is 16.3. The standard InChI is InChI=1S/C19H20ClN7O2/c1-26-7-6-13(23-26)11-27-24-15-9-17(20)22-19(18(15)25-27)21-10-12-4-5-14(28-2)8-16(12)29-3/h4-9H,10-11H2,1-3H3,(H,21,22). The summed E-state index contributed by atoms with van der Waals surface area (Å²) in [6.45, 7) is 0.932. The first-order valence-electron chi connectivity index (χ1n) is 8.90. The van der Waals surface area contributed by atoms with E-state index in [0.717, 1.165) is 17.0 Å². The van der Waals surface area contributed by atoms with Crippen LogP contribution in [0.1, 0.15) is 11.3 Å². The molecular weight excluding hydrogens is 394 g/mol. The Bertz CT molecular complexity index is 1150. The second kappa shape index (κ2) is 7.96. The number of ether oxygens (including phenoxy) is 2. The Morgan fingerprint density at radius 1 is 1.07 bits per heavy atom. The average molecular weight is 414 g/mol. The van der Waals surface area contributed by atoms with Gasteiger partial charge in [-0.05, 0) is 18.2 Å². The van der Waals surface area contributed by atoms with Crippen LogP contribution in [0.25, 0.3) is 11.0 Å². The van der Waals surface area contributed by atoms with Crippen LogP contribution in [-0.4, -0.2) is 44.0 Å². The summed E-state index contributed by atoms with van der Waals surface area (Å²) in [7, 11) is 5.11. The van der Waals surface area contributed by atoms with Crippen molar-refractivity contribution in [3.8, 4) is 11.5 Å². The third kappa shape index (κ3) is 4.09. The molecule has 0 radical (unpaired) electrons. The van der Waals surface area contributed by atoms with Gasteiger partial charge in [0.1, 0.15) is 28.7 Å². The first-order chi connectivity index (χ1) is 14.1. The molecule has 1 N–H and O–H groups in total. The Kier molecular flexibility index (Phi) is 5.22. The number of fused-ring (bicyclic) bond motifs is 1. The van der Waals surface area contributed by atoms with Crippen molar-refractivity contribution in [3.05, 3.63) is 52.9 Å². The predicted molar refractivity (Wildman–Crippen MR) is 110 cm³/mol. The molecule has 4 aromatic rings. The monoisotopic (exact) mass is 413 g/mol. The molecule has 0 fully saturated rings. The smallest absolute Gasteiger partial charge is 0.158 e. The van der Waals surface area contributed by atoms with Crippen LogP contribution in [0, 0.1) is 0 Å². The highest BCUT2D eigenvalue weighted by Crippen LogP contribution is 2.27. The summed E-state index contributed by atoms with van der Waals surface area (Å²) in [6.07, 6.45) is 1.88. The van der Waals surface area contributed by atoms with Gasteiger partial charge in [0, 0.05) is 37.5 Å². The maximum absolute atomic E-state index is 6.19. The molecule has 3 aromatic heterocycles. The minimum Gasteiger partial charge on any atom is -0.497 e. The number of aryl methyl sites for hydroxylation is 1. The topological polar surface area (TPSA) is 91.9 Å². The largest absolute Gasteiger partial charge is 0.497 e. The highest BCUT2D eigenvalue weighted by molar-refractivity contribution is 6.30. The number of pyridine rings is 1. The highest BCUT2D eigenvalue weighted by Gasteiger charge is 2.13. The fourth-order valence-electron chi connectivity index (χ4n) is 2.99. The van der Waals surface area contributed by atoms with Gasteiger partial charge in [0.25, 0.3) is 0 Å². The number of nitrogens with one attached hydrogen (secondary N) is 1. The van der Waals surface area contributed by atoms with Crippen molar-refractivity contribution >= 4 is 28.5 Å². The van der Waals surface area contributed by atoms with Gasteiger partial charge < -0.3 is 14.8 Å². The van der Waals surface area contributed by atoms with Gasteiger partial charge in [0.15, 0.2) is 11.3 Å². The zero-order valence-corrected chi connectivity index (χ0v) is 17.0. The van der Waals surface area contributed by atoms with E-state index in [2.05, 4.69) is 25.6 Å². The van der Waals surface area contributed by atoms with E-state index < -0.39 is 0 Å². The number of benzene rings is 1. The minimum atomic E-state index is 0.339. The van der Waals surface area contributed by atoms with E-state index in [4.69, 9.17) is 21.1 Å². The summed E-state index contributed by atoms with van der Waals surface area (Å²) in [6, 6.07) is 9.27. The van der Waals surface area contributed by atoms with Crippen LogP contribution in [-0.2, 0) is 20.1 Å². The van der Waals surface area contributed by atoms with Crippen molar-refractivity contribution in [1.82, 2.24) is 29.8 Å². The Labute approximate surface area is 172 Å². The van der Waals surface area contributed by atoms with Gasteiger partial charge in [-0.3, -0.25) is 4.68 Å². The van der Waals surface area contributed by atoms with E-state index >= 15 is 0 Å². The Balaban J connectivity index is 1.60. The van der Waals surface area contributed by atoms with Crippen molar-refractivity contribution in [2.75, 3.05) is 19.5 Å². The van der Waals surface area contributed by atoms with Crippen LogP contribution in [0.3, 0.4) is 0 Å². The number of hydrogen-bond acceptors (Lipinski definition) is 7. The number of aromatic nitrogens is 6. The molecule has 3 heterocycles. The van der Waals surface area contributed by atoms with Crippen LogP contribution in [0.15, 0.2) is 36.5 Å². The van der Waals surface area contributed by atoms with E-state index in [0.29, 0.717) is 40.8 Å². The molecule has 10 heteroatoms. The summed E-state index contributed by atoms with van der Waals surface area (Å²) in [4.78, 5) is 5.97. The number of methoxy groups -OCH3 is 2. The maximum atomic E-state index is 6.19. The summed E-state index contributed by atoms with van der Waals surface area (Å²) in [5.41, 5.74) is 3.11. The van der Waals surface area contributed by atoms with Crippen LogP contribution < -0.4 is 14.8 Å². The van der Waals surface area contributed by atoms with Crippen molar-refractivity contribution < 1.29 is 9.47 Å². The van der Waals surface area contributed by atoms with E-state index in [1.165, 1.54) is 0 Å². The number of rotatable bonds is 7. The molecule has 0 saturated heterocycles. The van der Waals surface area contributed by atoms with Crippen molar-refractivity contribution in [2.24, 2.45) is 7.05 Å². The summed E-state index contributed by atoms with van der Waals surface area (Å²) in [5, 5.41) is 17.0. The molecule has 0 aliphatic carbocycles. The summed E-state index contributed by atoms with van der Waals surface area (Å²) >= 11 is 6.19. The Hall–Kier alpha value is -3.33. The van der Waals surface area contributed by atoms with Gasteiger partial charge in [0.2, 0.25) is 0 Å². The number of hydrogen-bond donors (Lipinski definition) is 1. The molecule has 0 aliphatic rings. The molecule has 29 heavy (non-hydrogen) atoms. The SMILES string of the molecule is COc1ccc(CNc2nc(Cl)cc3nn(Cc4ccn(C)n4)nc23)c(OC)c1. The molecule has 1 aromatic carbocycles. The molecule has 0 amide bonds. The van der Waals surface area contributed by atoms with Crippen LogP contribution in [0.4, 0.5) is 5.82 Å². The van der Waals surface area contributed by atoms with Crippen molar-refractivity contribution in [3.63, 3.8) is 0 Å². The lowest BCUT2D eigenvalue weighted by atomic mass is 10.2. The highest BCUT2D eigenvalue weighted by atomic mass is 35.5. The third-order valence-electron chi connectivity index (χ3n) is 4.39. The Morgan fingerprint density at radius 2 is 1.93 bits per heavy atom. The Morgan fingerprint density at radius 3 is 2.66 bits per heavy atom. The van der Waals surface area contributed by atoms with Gasteiger partial charge in [-0.1, -0.05) is 11.6 Å². The van der Waals surface area contributed by atoms with E-state index in [-0.39, 0.29) is 0 Å². The lowest BCUT2D eigenvalue weighted by Crippen LogP contribution is -2.06. The van der Waals surface area contributed by atoms with Crippen LogP contribution in [0.5, 0.6) is 11.5 Å². The van der Waals surface area contributed by atoms with Crippen LogP contribution in [0.2, 0.25) is 5.15 Å². The molecule has 9 nitrogen and oxygen atoms in total. The summed E-state index contributed by atoms with van der Waals surface area (Å²) in [5.74, 6) is 2.00. The van der Waals surface area contributed by atoms with Crippen molar-refractivity contribution in [2.45, 2.75) is 13.1 Å². The van der Waals surface area contributed by atoms with Gasteiger partial charge in [-0.2, -0.15) is 15.0 Å².